The Morgan fingerprint density at radius 2 is 2.12 bits per heavy atom. The molecule has 0 aliphatic rings. The third-order valence-corrected chi connectivity index (χ3v) is 2.98. The van der Waals surface area contributed by atoms with Gasteiger partial charge in [0.05, 0.1) is 6.61 Å². The number of methoxy groups -OCH3 is 1. The van der Waals surface area contributed by atoms with Crippen molar-refractivity contribution in [3.63, 3.8) is 0 Å². The Kier molecular flexibility index (Phi) is 5.12. The van der Waals surface area contributed by atoms with Crippen molar-refractivity contribution in [2.45, 2.75) is 38.3 Å². The third-order valence-electron chi connectivity index (χ3n) is 2.98. The SMILES string of the molecule is COCc1cccc(C(CCO)C(C)(C)N)c1. The highest BCUT2D eigenvalue weighted by Gasteiger charge is 2.26. The predicted octanol–water partition coefficient (Wildman–Crippen LogP) is 2.04. The van der Waals surface area contributed by atoms with E-state index in [4.69, 9.17) is 15.6 Å². The molecule has 0 spiro atoms. The number of hydrogen-bond acceptors (Lipinski definition) is 3. The van der Waals surface area contributed by atoms with Crippen molar-refractivity contribution in [2.24, 2.45) is 5.73 Å². The minimum Gasteiger partial charge on any atom is -0.396 e. The first-order valence-electron chi connectivity index (χ1n) is 5.96. The molecular weight excluding hydrogens is 214 g/mol. The zero-order chi connectivity index (χ0) is 12.9. The average Bonchev–Trinajstić information content (AvgIpc) is 2.25. The van der Waals surface area contributed by atoms with Gasteiger partial charge in [-0.25, -0.2) is 0 Å². The van der Waals surface area contributed by atoms with Crippen LogP contribution in [0.2, 0.25) is 0 Å². The molecule has 17 heavy (non-hydrogen) atoms. The largest absolute Gasteiger partial charge is 0.396 e. The van der Waals surface area contributed by atoms with Gasteiger partial charge < -0.3 is 15.6 Å². The van der Waals surface area contributed by atoms with Gasteiger partial charge in [-0.2, -0.15) is 0 Å². The van der Waals surface area contributed by atoms with E-state index in [-0.39, 0.29) is 18.1 Å². The number of benzene rings is 1. The van der Waals surface area contributed by atoms with Gasteiger partial charge in [-0.1, -0.05) is 24.3 Å². The third kappa shape index (κ3) is 4.11. The maximum atomic E-state index is 9.15. The van der Waals surface area contributed by atoms with Crippen LogP contribution in [-0.4, -0.2) is 24.4 Å². The minimum absolute atomic E-state index is 0.153. The van der Waals surface area contributed by atoms with Gasteiger partial charge in [-0.05, 0) is 31.4 Å². The molecule has 0 bridgehead atoms. The molecule has 3 N–H and O–H groups in total. The molecule has 0 aliphatic carbocycles. The molecule has 0 saturated heterocycles. The van der Waals surface area contributed by atoms with Gasteiger partial charge in [-0.3, -0.25) is 0 Å². The molecule has 1 aromatic rings. The Balaban J connectivity index is 2.97. The number of ether oxygens (including phenoxy) is 1. The van der Waals surface area contributed by atoms with Crippen LogP contribution in [0, 0.1) is 0 Å². The summed E-state index contributed by atoms with van der Waals surface area (Å²) in [6, 6.07) is 8.22. The van der Waals surface area contributed by atoms with Gasteiger partial charge >= 0.3 is 0 Å². The zero-order valence-corrected chi connectivity index (χ0v) is 10.9. The first-order chi connectivity index (χ1) is 7.99. The van der Waals surface area contributed by atoms with Crippen molar-refractivity contribution in [1.82, 2.24) is 0 Å². The lowest BCUT2D eigenvalue weighted by molar-refractivity contribution is 0.184. The molecule has 1 rings (SSSR count). The van der Waals surface area contributed by atoms with Gasteiger partial charge in [0.25, 0.3) is 0 Å². The van der Waals surface area contributed by atoms with E-state index >= 15 is 0 Å². The van der Waals surface area contributed by atoms with Gasteiger partial charge in [-0.15, -0.1) is 0 Å². The molecule has 1 unspecified atom stereocenters. The van der Waals surface area contributed by atoms with Gasteiger partial charge in [0.15, 0.2) is 0 Å². The Morgan fingerprint density at radius 1 is 1.41 bits per heavy atom. The fourth-order valence-corrected chi connectivity index (χ4v) is 2.16. The molecule has 0 aliphatic heterocycles. The maximum absolute atomic E-state index is 9.15. The summed E-state index contributed by atoms with van der Waals surface area (Å²) in [6.45, 7) is 4.75. The smallest absolute Gasteiger partial charge is 0.0713 e. The molecule has 0 radical (unpaired) electrons. The van der Waals surface area contributed by atoms with Crippen molar-refractivity contribution in [2.75, 3.05) is 13.7 Å². The summed E-state index contributed by atoms with van der Waals surface area (Å²) >= 11 is 0. The number of aliphatic hydroxyl groups excluding tert-OH is 1. The topological polar surface area (TPSA) is 55.5 Å². The molecule has 0 aromatic heterocycles. The lowest BCUT2D eigenvalue weighted by Crippen LogP contribution is -2.39. The number of hydrogen-bond donors (Lipinski definition) is 2. The lowest BCUT2D eigenvalue weighted by atomic mass is 9.80. The predicted molar refractivity (Wildman–Crippen MR) is 69.9 cm³/mol. The Bertz CT molecular complexity index is 344. The molecule has 1 aromatic carbocycles. The van der Waals surface area contributed by atoms with Crippen molar-refractivity contribution >= 4 is 0 Å². The van der Waals surface area contributed by atoms with Crippen LogP contribution in [0.1, 0.15) is 37.3 Å². The normalized spacial score (nSPS) is 13.7. The van der Waals surface area contributed by atoms with Gasteiger partial charge in [0, 0.05) is 25.2 Å². The van der Waals surface area contributed by atoms with Crippen LogP contribution in [0.4, 0.5) is 0 Å². The highest BCUT2D eigenvalue weighted by Crippen LogP contribution is 2.29. The van der Waals surface area contributed by atoms with E-state index in [1.54, 1.807) is 7.11 Å². The highest BCUT2D eigenvalue weighted by molar-refractivity contribution is 5.28. The van der Waals surface area contributed by atoms with E-state index < -0.39 is 0 Å². The van der Waals surface area contributed by atoms with Crippen LogP contribution in [0.15, 0.2) is 24.3 Å². The molecule has 0 fully saturated rings. The number of aliphatic hydroxyl groups is 1. The summed E-state index contributed by atoms with van der Waals surface area (Å²) in [7, 11) is 1.69. The van der Waals surface area contributed by atoms with Gasteiger partial charge in [0.2, 0.25) is 0 Å². The molecule has 0 amide bonds. The van der Waals surface area contributed by atoms with E-state index in [2.05, 4.69) is 12.1 Å². The second kappa shape index (κ2) is 6.15. The van der Waals surface area contributed by atoms with Crippen LogP contribution in [0.5, 0.6) is 0 Å². The van der Waals surface area contributed by atoms with Crippen LogP contribution in [0.25, 0.3) is 0 Å². The summed E-state index contributed by atoms with van der Waals surface area (Å²) in [4.78, 5) is 0. The van der Waals surface area contributed by atoms with Gasteiger partial charge in [0.1, 0.15) is 0 Å². The highest BCUT2D eigenvalue weighted by atomic mass is 16.5. The first kappa shape index (κ1) is 14.2. The fourth-order valence-electron chi connectivity index (χ4n) is 2.16. The zero-order valence-electron chi connectivity index (χ0n) is 10.9. The average molecular weight is 237 g/mol. The lowest BCUT2D eigenvalue weighted by Gasteiger charge is -2.31. The second-order valence-corrected chi connectivity index (χ2v) is 5.06. The molecule has 0 saturated carbocycles. The fraction of sp³-hybridized carbons (Fsp3) is 0.571. The Morgan fingerprint density at radius 3 is 2.65 bits per heavy atom. The monoisotopic (exact) mass is 237 g/mol. The molecule has 1 atom stereocenters. The summed E-state index contributed by atoms with van der Waals surface area (Å²) in [5, 5.41) is 9.15. The van der Waals surface area contributed by atoms with Crippen LogP contribution < -0.4 is 5.73 Å². The molecule has 3 heteroatoms. The molecule has 0 heterocycles. The quantitative estimate of drug-likeness (QED) is 0.796. The van der Waals surface area contributed by atoms with Crippen LogP contribution >= 0.6 is 0 Å². The van der Waals surface area contributed by atoms with Crippen LogP contribution in [-0.2, 0) is 11.3 Å². The van der Waals surface area contributed by atoms with Crippen molar-refractivity contribution in [1.29, 1.82) is 0 Å². The van der Waals surface area contributed by atoms with Crippen LogP contribution in [0.3, 0.4) is 0 Å². The molecule has 3 nitrogen and oxygen atoms in total. The summed E-state index contributed by atoms with van der Waals surface area (Å²) in [5.74, 6) is 0.157. The van der Waals surface area contributed by atoms with E-state index in [9.17, 15) is 0 Å². The maximum Gasteiger partial charge on any atom is 0.0713 e. The molecule has 96 valence electrons. The Hall–Kier alpha value is -0.900. The summed E-state index contributed by atoms with van der Waals surface area (Å²) in [5.41, 5.74) is 8.14. The number of nitrogens with two attached hydrogens (primary N) is 1. The van der Waals surface area contributed by atoms with E-state index in [0.717, 1.165) is 5.56 Å². The van der Waals surface area contributed by atoms with E-state index in [1.807, 2.05) is 26.0 Å². The second-order valence-electron chi connectivity index (χ2n) is 5.06. The van der Waals surface area contributed by atoms with Crippen molar-refractivity contribution in [3.8, 4) is 0 Å². The molecular formula is C14H23NO2. The standard InChI is InChI=1S/C14H23NO2/c1-14(2,15)13(7-8-16)12-6-4-5-11(9-12)10-17-3/h4-6,9,13,16H,7-8,10,15H2,1-3H3. The number of rotatable bonds is 6. The van der Waals surface area contributed by atoms with Crippen molar-refractivity contribution < 1.29 is 9.84 Å². The van der Waals surface area contributed by atoms with Crippen molar-refractivity contribution in [3.05, 3.63) is 35.4 Å². The first-order valence-corrected chi connectivity index (χ1v) is 5.96. The van der Waals surface area contributed by atoms with E-state index in [0.29, 0.717) is 13.0 Å². The summed E-state index contributed by atoms with van der Waals surface area (Å²) in [6.07, 6.45) is 0.680. The van der Waals surface area contributed by atoms with E-state index in [1.165, 1.54) is 5.56 Å². The minimum atomic E-state index is -0.339. The summed E-state index contributed by atoms with van der Waals surface area (Å²) < 4.78 is 5.13. The Labute approximate surface area is 104 Å².